The summed E-state index contributed by atoms with van der Waals surface area (Å²) in [6.45, 7) is -0.392. The van der Waals surface area contributed by atoms with E-state index in [4.69, 9.17) is 21.3 Å². The molecule has 14 heteroatoms. The van der Waals surface area contributed by atoms with Crippen molar-refractivity contribution >= 4 is 41.6 Å². The van der Waals surface area contributed by atoms with E-state index in [-0.39, 0.29) is 36.3 Å². The quantitative estimate of drug-likeness (QED) is 0.190. The fraction of sp³-hybridized carbons (Fsp3) is 0.562. The van der Waals surface area contributed by atoms with Crippen LogP contribution >= 0.6 is 11.8 Å². The van der Waals surface area contributed by atoms with Gasteiger partial charge in [0.1, 0.15) is 23.7 Å². The number of carbonyl (C=O) groups excluding carboxylic acids is 3. The molecule has 3 amide bonds. The Kier molecular flexibility index (Phi) is 7.28. The highest BCUT2D eigenvalue weighted by Crippen LogP contribution is 2.46. The van der Waals surface area contributed by atoms with Crippen LogP contribution in [-0.4, -0.2) is 81.6 Å². The molecule has 0 bridgehead atoms. The second-order valence-corrected chi connectivity index (χ2v) is 7.60. The zero-order chi connectivity index (χ0) is 22.6. The molecule has 2 aliphatic heterocycles. The topological polar surface area (TPSA) is 212 Å². The Morgan fingerprint density at radius 3 is 2.57 bits per heavy atom. The lowest BCUT2D eigenvalue weighted by Gasteiger charge is -2.55. The lowest BCUT2D eigenvalue weighted by atomic mass is 9.97. The van der Waals surface area contributed by atoms with Gasteiger partial charge in [0.15, 0.2) is 0 Å². The van der Waals surface area contributed by atoms with Crippen LogP contribution in [0.4, 0.5) is 4.79 Å². The molecule has 2 aliphatic rings. The molecule has 0 aromatic rings. The molecule has 0 radical (unpaired) electrons. The molecule has 1 saturated heterocycles. The van der Waals surface area contributed by atoms with Crippen LogP contribution in [-0.2, 0) is 28.7 Å². The summed E-state index contributed by atoms with van der Waals surface area (Å²) in [5, 5.41) is 19.9. The van der Waals surface area contributed by atoms with Crippen molar-refractivity contribution in [2.45, 2.75) is 36.4 Å². The van der Waals surface area contributed by atoms with Gasteiger partial charge in [-0.15, -0.1) is 11.8 Å². The number of nitrogens with two attached hydrogens (primary N) is 2. The summed E-state index contributed by atoms with van der Waals surface area (Å²) in [4.78, 5) is 59.3. The van der Waals surface area contributed by atoms with Gasteiger partial charge in [-0.25, -0.2) is 9.59 Å². The highest BCUT2D eigenvalue weighted by Gasteiger charge is 2.66. The van der Waals surface area contributed by atoms with Gasteiger partial charge in [-0.05, 0) is 12.8 Å². The number of primary amides is 1. The summed E-state index contributed by atoms with van der Waals surface area (Å²) in [6.07, 6.45) is -0.953. The molecule has 2 rings (SSSR count). The van der Waals surface area contributed by atoms with Gasteiger partial charge in [-0.3, -0.25) is 19.3 Å². The number of carboxylic acids is 2. The first-order chi connectivity index (χ1) is 14.0. The zero-order valence-corrected chi connectivity index (χ0v) is 16.8. The van der Waals surface area contributed by atoms with Gasteiger partial charge in [0.25, 0.3) is 11.6 Å². The van der Waals surface area contributed by atoms with Gasteiger partial charge in [0, 0.05) is 24.9 Å². The summed E-state index contributed by atoms with van der Waals surface area (Å²) in [5.41, 5.74) is 8.33. The van der Waals surface area contributed by atoms with Crippen LogP contribution in [0.2, 0.25) is 0 Å². The molecular weight excluding hydrogens is 424 g/mol. The van der Waals surface area contributed by atoms with Crippen molar-refractivity contribution in [3.8, 4) is 0 Å². The van der Waals surface area contributed by atoms with E-state index in [0.717, 1.165) is 16.7 Å². The summed E-state index contributed by atoms with van der Waals surface area (Å²) >= 11 is 1.12. The third-order valence-corrected chi connectivity index (χ3v) is 5.96. The van der Waals surface area contributed by atoms with Crippen molar-refractivity contribution in [1.82, 2.24) is 10.2 Å². The van der Waals surface area contributed by atoms with Gasteiger partial charge in [0.2, 0.25) is 5.91 Å². The predicted octanol–water partition coefficient (Wildman–Crippen LogP) is -1.62. The van der Waals surface area contributed by atoms with E-state index < -0.39 is 53.6 Å². The smallest absolute Gasteiger partial charge is 0.404 e. The summed E-state index contributed by atoms with van der Waals surface area (Å²) < 4.78 is 9.91. The highest BCUT2D eigenvalue weighted by atomic mass is 32.2. The van der Waals surface area contributed by atoms with Crippen LogP contribution in [0, 0.1) is 0 Å². The third-order valence-electron chi connectivity index (χ3n) is 4.58. The average molecular weight is 446 g/mol. The number of aliphatic carboxylic acids is 2. The molecule has 30 heavy (non-hydrogen) atoms. The normalized spacial score (nSPS) is 23.9. The summed E-state index contributed by atoms with van der Waals surface area (Å²) in [7, 11) is 1.20. The van der Waals surface area contributed by atoms with E-state index in [0.29, 0.717) is 0 Å². The Hall–Kier alpha value is -2.84. The predicted molar refractivity (Wildman–Crippen MR) is 101 cm³/mol. The van der Waals surface area contributed by atoms with E-state index in [1.807, 2.05) is 0 Å². The molecule has 0 saturated carbocycles. The van der Waals surface area contributed by atoms with Crippen molar-refractivity contribution in [3.63, 3.8) is 0 Å². The number of hydrogen-bond acceptors (Lipinski definition) is 9. The number of β-lactam (4-membered cyclic amide) rings is 1. The first-order valence-corrected chi connectivity index (χ1v) is 9.77. The number of carbonyl (C=O) groups is 5. The maximum absolute atomic E-state index is 12.8. The number of amides is 3. The van der Waals surface area contributed by atoms with Gasteiger partial charge in [-0.2, -0.15) is 0 Å². The summed E-state index contributed by atoms with van der Waals surface area (Å²) in [6, 6.07) is -1.10. The third kappa shape index (κ3) is 4.49. The molecule has 166 valence electrons. The Labute approximate surface area is 174 Å². The van der Waals surface area contributed by atoms with Crippen LogP contribution in [0.5, 0.6) is 0 Å². The number of rotatable bonds is 10. The Balaban J connectivity index is 2.11. The number of carboxylic acid groups (broad SMARTS) is 2. The molecule has 0 aliphatic carbocycles. The maximum Gasteiger partial charge on any atom is 0.404 e. The van der Waals surface area contributed by atoms with Crippen molar-refractivity contribution < 1.29 is 43.7 Å². The lowest BCUT2D eigenvalue weighted by molar-refractivity contribution is -0.192. The van der Waals surface area contributed by atoms with E-state index >= 15 is 0 Å². The van der Waals surface area contributed by atoms with E-state index in [1.54, 1.807) is 0 Å². The van der Waals surface area contributed by atoms with E-state index in [2.05, 4.69) is 10.1 Å². The van der Waals surface area contributed by atoms with Crippen LogP contribution < -0.4 is 16.8 Å². The molecule has 1 fully saturated rings. The van der Waals surface area contributed by atoms with Crippen LogP contribution in [0.15, 0.2) is 11.3 Å². The molecule has 13 nitrogen and oxygen atoms in total. The van der Waals surface area contributed by atoms with Crippen molar-refractivity contribution in [2.24, 2.45) is 11.5 Å². The lowest BCUT2D eigenvalue weighted by Crippen LogP contribution is -2.80. The summed E-state index contributed by atoms with van der Waals surface area (Å²) in [5.74, 6) is -3.87. The second kappa shape index (κ2) is 9.32. The number of thioether (sulfide) groups is 1. The first-order valence-electron chi connectivity index (χ1n) is 8.72. The monoisotopic (exact) mass is 446 g/mol. The zero-order valence-electron chi connectivity index (χ0n) is 16.0. The van der Waals surface area contributed by atoms with Crippen molar-refractivity contribution in [1.29, 1.82) is 0 Å². The number of nitrogens with one attached hydrogen (secondary N) is 1. The number of fused-ring (bicyclic) bond motifs is 1. The molecular formula is C16H22N4O9S. The first kappa shape index (κ1) is 23.4. The number of hydrogen-bond donors (Lipinski definition) is 5. The average Bonchev–Trinajstić information content (AvgIpc) is 2.68. The van der Waals surface area contributed by atoms with E-state index in [9.17, 15) is 29.1 Å². The van der Waals surface area contributed by atoms with Gasteiger partial charge < -0.3 is 36.5 Å². The minimum atomic E-state index is -1.77. The molecule has 1 unspecified atom stereocenters. The second-order valence-electron chi connectivity index (χ2n) is 6.53. The molecule has 3 atom stereocenters. The number of nitrogens with zero attached hydrogens (tertiary/aromatic N) is 1. The van der Waals surface area contributed by atoms with Gasteiger partial charge >= 0.3 is 18.0 Å². The molecule has 7 N–H and O–H groups in total. The molecule has 0 spiro atoms. The fourth-order valence-corrected chi connectivity index (χ4v) is 4.51. The fourth-order valence-electron chi connectivity index (χ4n) is 3.09. The SMILES string of the molecule is COC1(NC(=O)CCC[C@H](N)C(=O)O)C(=O)N2C(C(=O)O)=C(COC(N)=O)CS[C@@H]21. The molecule has 2 heterocycles. The van der Waals surface area contributed by atoms with E-state index in [1.165, 1.54) is 7.11 Å². The van der Waals surface area contributed by atoms with Gasteiger partial charge in [-0.1, -0.05) is 0 Å². The van der Waals surface area contributed by atoms with Crippen LogP contribution in [0.25, 0.3) is 0 Å². The largest absolute Gasteiger partial charge is 0.480 e. The van der Waals surface area contributed by atoms with Crippen LogP contribution in [0.1, 0.15) is 19.3 Å². The number of methoxy groups -OCH3 is 1. The van der Waals surface area contributed by atoms with Crippen molar-refractivity contribution in [2.75, 3.05) is 19.5 Å². The highest BCUT2D eigenvalue weighted by molar-refractivity contribution is 8.00. The Morgan fingerprint density at radius 1 is 1.37 bits per heavy atom. The Bertz CT molecular complexity index is 802. The minimum Gasteiger partial charge on any atom is -0.480 e. The number of ether oxygens (including phenoxy) is 2. The Morgan fingerprint density at radius 2 is 2.03 bits per heavy atom. The molecule has 0 aromatic carbocycles. The van der Waals surface area contributed by atoms with Crippen LogP contribution in [0.3, 0.4) is 0 Å². The standard InChI is InChI=1S/C16H22N4O9S/c1-28-16(19-9(21)4-2-3-8(17)11(22)23)13(26)20-10(12(24)25)7(5-29-15(18)27)6-30-14(16)20/h8,14H,2-6,17H2,1H3,(H2,18,27)(H,19,21)(H,22,23)(H,24,25)/t8-,14+,16?/m0/s1. The van der Waals surface area contributed by atoms with Crippen molar-refractivity contribution in [3.05, 3.63) is 11.3 Å². The van der Waals surface area contributed by atoms with Gasteiger partial charge in [0.05, 0.1) is 0 Å². The minimum absolute atomic E-state index is 0.0656. The molecule has 0 aromatic heterocycles. The maximum atomic E-state index is 12.8.